The van der Waals surface area contributed by atoms with Gasteiger partial charge in [0.2, 0.25) is 0 Å². The predicted molar refractivity (Wildman–Crippen MR) is 92.6 cm³/mol. The van der Waals surface area contributed by atoms with Crippen LogP contribution in [0.2, 0.25) is 0 Å². The highest BCUT2D eigenvalue weighted by molar-refractivity contribution is 7.90. The van der Waals surface area contributed by atoms with Crippen molar-refractivity contribution in [2.75, 3.05) is 11.9 Å². The molecule has 6 nitrogen and oxygen atoms in total. The van der Waals surface area contributed by atoms with E-state index in [0.717, 1.165) is 18.6 Å². The third kappa shape index (κ3) is 3.88. The number of anilines is 1. The number of hydrogen-bond donors (Lipinski definition) is 2. The van der Waals surface area contributed by atoms with Crippen molar-refractivity contribution in [3.05, 3.63) is 59.7 Å². The molecule has 0 unspecified atom stereocenters. The second-order valence-electron chi connectivity index (χ2n) is 5.62. The van der Waals surface area contributed by atoms with E-state index in [1.54, 1.807) is 0 Å². The second-order valence-corrected chi connectivity index (χ2v) is 7.30. The maximum absolute atomic E-state index is 13.7. The monoisotopic (exact) mass is 379 g/mol. The van der Waals surface area contributed by atoms with Crippen molar-refractivity contribution in [2.45, 2.75) is 17.7 Å². The third-order valence-corrected chi connectivity index (χ3v) is 5.10. The molecule has 136 valence electrons. The van der Waals surface area contributed by atoms with Crippen LogP contribution in [0.4, 0.5) is 14.5 Å². The van der Waals surface area contributed by atoms with Crippen LogP contribution in [0.25, 0.3) is 0 Å². The largest absolute Gasteiger partial charge is 0.322 e. The van der Waals surface area contributed by atoms with Crippen molar-refractivity contribution in [1.29, 1.82) is 0 Å². The molecular weight excluding hydrogens is 364 g/mol. The third-order valence-electron chi connectivity index (χ3n) is 3.72. The zero-order valence-electron chi connectivity index (χ0n) is 13.5. The minimum absolute atomic E-state index is 0.0791. The number of nitrogens with one attached hydrogen (secondary N) is 2. The van der Waals surface area contributed by atoms with Gasteiger partial charge in [-0.25, -0.2) is 17.2 Å². The SMILES string of the molecule is O=C(Nc1cccc(S(=O)(=O)NC2=NCCC2)c1)c1cccc(F)c1F. The lowest BCUT2D eigenvalue weighted by Crippen LogP contribution is -2.29. The number of aliphatic imine (C=N–C) groups is 1. The highest BCUT2D eigenvalue weighted by atomic mass is 32.2. The normalized spacial score (nSPS) is 14.0. The summed E-state index contributed by atoms with van der Waals surface area (Å²) >= 11 is 0. The number of halogens is 2. The summed E-state index contributed by atoms with van der Waals surface area (Å²) in [6.07, 6.45) is 1.33. The summed E-state index contributed by atoms with van der Waals surface area (Å²) in [5.74, 6) is -2.91. The van der Waals surface area contributed by atoms with E-state index in [1.807, 2.05) is 0 Å². The maximum Gasteiger partial charge on any atom is 0.262 e. The summed E-state index contributed by atoms with van der Waals surface area (Å²) in [6, 6.07) is 8.71. The highest BCUT2D eigenvalue weighted by Crippen LogP contribution is 2.18. The van der Waals surface area contributed by atoms with Crippen molar-refractivity contribution in [3.8, 4) is 0 Å². The summed E-state index contributed by atoms with van der Waals surface area (Å²) in [5, 5.41) is 2.36. The van der Waals surface area contributed by atoms with E-state index in [0.29, 0.717) is 18.8 Å². The lowest BCUT2D eigenvalue weighted by Gasteiger charge is -2.10. The Morgan fingerprint density at radius 2 is 1.88 bits per heavy atom. The molecule has 0 saturated carbocycles. The van der Waals surface area contributed by atoms with Crippen LogP contribution >= 0.6 is 0 Å². The van der Waals surface area contributed by atoms with Crippen molar-refractivity contribution in [1.82, 2.24) is 4.72 Å². The summed E-state index contributed by atoms with van der Waals surface area (Å²) in [4.78, 5) is 16.1. The minimum Gasteiger partial charge on any atom is -0.322 e. The van der Waals surface area contributed by atoms with E-state index in [9.17, 15) is 22.0 Å². The number of amides is 1. The molecule has 0 atom stereocenters. The Bertz CT molecular complexity index is 990. The molecular formula is C17H15F2N3O3S. The average molecular weight is 379 g/mol. The molecule has 1 aliphatic heterocycles. The molecule has 3 rings (SSSR count). The number of rotatable bonds is 4. The standard InChI is InChI=1S/C17H15F2N3O3S/c18-14-7-2-6-13(16(14)19)17(23)21-11-4-1-5-12(10-11)26(24,25)22-15-8-3-9-20-15/h1-2,4-7,10H,3,8-9H2,(H,20,22)(H,21,23). The van der Waals surface area contributed by atoms with Gasteiger partial charge in [0.1, 0.15) is 5.84 Å². The Balaban J connectivity index is 1.81. The fourth-order valence-electron chi connectivity index (χ4n) is 2.46. The number of benzene rings is 2. The molecule has 0 fully saturated rings. The fourth-order valence-corrected chi connectivity index (χ4v) is 3.59. The average Bonchev–Trinajstić information content (AvgIpc) is 3.10. The smallest absolute Gasteiger partial charge is 0.262 e. The first-order valence-corrected chi connectivity index (χ1v) is 9.27. The van der Waals surface area contributed by atoms with Gasteiger partial charge >= 0.3 is 0 Å². The van der Waals surface area contributed by atoms with Gasteiger partial charge in [0, 0.05) is 18.7 Å². The first-order valence-electron chi connectivity index (χ1n) is 7.78. The van der Waals surface area contributed by atoms with E-state index in [1.165, 1.54) is 30.3 Å². The van der Waals surface area contributed by atoms with Crippen LogP contribution in [0.5, 0.6) is 0 Å². The number of sulfonamides is 1. The van der Waals surface area contributed by atoms with Crippen molar-refractivity contribution >= 4 is 27.5 Å². The minimum atomic E-state index is -3.85. The topological polar surface area (TPSA) is 87.6 Å². The molecule has 2 aromatic carbocycles. The molecule has 26 heavy (non-hydrogen) atoms. The quantitative estimate of drug-likeness (QED) is 0.856. The van der Waals surface area contributed by atoms with Crippen LogP contribution in [0.15, 0.2) is 52.4 Å². The van der Waals surface area contributed by atoms with Crippen molar-refractivity contribution in [3.63, 3.8) is 0 Å². The molecule has 0 aromatic heterocycles. The first kappa shape index (κ1) is 18.0. The summed E-state index contributed by atoms with van der Waals surface area (Å²) in [6.45, 7) is 0.577. The van der Waals surface area contributed by atoms with E-state index < -0.39 is 33.1 Å². The van der Waals surface area contributed by atoms with E-state index in [4.69, 9.17) is 0 Å². The lowest BCUT2D eigenvalue weighted by atomic mass is 10.2. The summed E-state index contributed by atoms with van der Waals surface area (Å²) in [7, 11) is -3.85. The zero-order valence-corrected chi connectivity index (χ0v) is 14.3. The van der Waals surface area contributed by atoms with Gasteiger partial charge in [-0.1, -0.05) is 12.1 Å². The van der Waals surface area contributed by atoms with E-state index in [2.05, 4.69) is 15.0 Å². The molecule has 1 heterocycles. The molecule has 1 amide bonds. The fraction of sp³-hybridized carbons (Fsp3) is 0.176. The van der Waals surface area contributed by atoms with E-state index >= 15 is 0 Å². The van der Waals surface area contributed by atoms with Gasteiger partial charge in [0.25, 0.3) is 15.9 Å². The number of carbonyl (C=O) groups is 1. The van der Waals surface area contributed by atoms with Crippen LogP contribution in [-0.2, 0) is 10.0 Å². The number of hydrogen-bond acceptors (Lipinski definition) is 4. The van der Waals surface area contributed by atoms with Gasteiger partial charge < -0.3 is 5.32 Å². The van der Waals surface area contributed by atoms with Gasteiger partial charge in [-0.3, -0.25) is 14.5 Å². The van der Waals surface area contributed by atoms with E-state index in [-0.39, 0.29) is 10.6 Å². The van der Waals surface area contributed by atoms with Gasteiger partial charge in [0.05, 0.1) is 10.5 Å². The molecule has 2 N–H and O–H groups in total. The molecule has 2 aromatic rings. The number of amidine groups is 1. The number of nitrogens with zero attached hydrogens (tertiary/aromatic N) is 1. The first-order chi connectivity index (χ1) is 12.4. The molecule has 0 spiro atoms. The maximum atomic E-state index is 13.7. The second kappa shape index (κ2) is 7.20. The van der Waals surface area contributed by atoms with Gasteiger partial charge in [-0.15, -0.1) is 0 Å². The Kier molecular flexibility index (Phi) is 4.99. The Morgan fingerprint density at radius 1 is 1.12 bits per heavy atom. The molecule has 1 aliphatic rings. The van der Waals surface area contributed by atoms with Crippen LogP contribution in [0.1, 0.15) is 23.2 Å². The molecule has 0 saturated heterocycles. The highest BCUT2D eigenvalue weighted by Gasteiger charge is 2.20. The van der Waals surface area contributed by atoms with Gasteiger partial charge in [-0.05, 0) is 36.8 Å². The van der Waals surface area contributed by atoms with Crippen LogP contribution in [0.3, 0.4) is 0 Å². The van der Waals surface area contributed by atoms with Gasteiger partial charge in [0.15, 0.2) is 11.6 Å². The predicted octanol–water partition coefficient (Wildman–Crippen LogP) is 2.69. The van der Waals surface area contributed by atoms with Crippen molar-refractivity contribution in [2.24, 2.45) is 4.99 Å². The summed E-state index contributed by atoms with van der Waals surface area (Å²) in [5.41, 5.74) is -0.341. The Hall–Kier alpha value is -2.81. The van der Waals surface area contributed by atoms with Crippen LogP contribution in [-0.4, -0.2) is 26.7 Å². The molecule has 0 bridgehead atoms. The molecule has 9 heteroatoms. The number of carbonyl (C=O) groups excluding carboxylic acids is 1. The van der Waals surface area contributed by atoms with Crippen molar-refractivity contribution < 1.29 is 22.0 Å². The van der Waals surface area contributed by atoms with Gasteiger partial charge in [-0.2, -0.15) is 0 Å². The molecule has 0 aliphatic carbocycles. The molecule has 0 radical (unpaired) electrons. The lowest BCUT2D eigenvalue weighted by molar-refractivity contribution is 0.102. The van der Waals surface area contributed by atoms with Crippen LogP contribution < -0.4 is 10.0 Å². The van der Waals surface area contributed by atoms with Crippen LogP contribution in [0, 0.1) is 11.6 Å². The Labute approximate surface area is 149 Å². The Morgan fingerprint density at radius 3 is 2.62 bits per heavy atom. The summed E-state index contributed by atoms with van der Waals surface area (Å²) < 4.78 is 54.1. The zero-order chi connectivity index (χ0) is 18.7.